The number of hydrogen-bond acceptors (Lipinski definition) is 5. The van der Waals surface area contributed by atoms with E-state index in [1.807, 2.05) is 0 Å². The summed E-state index contributed by atoms with van der Waals surface area (Å²) in [6, 6.07) is 4.84. The van der Waals surface area contributed by atoms with Crippen LogP contribution < -0.4 is 10.9 Å². The predicted molar refractivity (Wildman–Crippen MR) is 82.9 cm³/mol. The molecule has 1 heterocycles. The Hall–Kier alpha value is -1.00. The number of nitrogens with zero attached hydrogens (tertiary/aromatic N) is 1. The molecule has 7 nitrogen and oxygen atoms in total. The van der Waals surface area contributed by atoms with E-state index in [4.69, 9.17) is 10.9 Å². The fourth-order valence-corrected chi connectivity index (χ4v) is 5.05. The molecule has 124 valence electrons. The van der Waals surface area contributed by atoms with E-state index in [1.165, 1.54) is 22.5 Å². The second-order valence-corrected chi connectivity index (χ2v) is 9.11. The maximum atomic E-state index is 12.8. The van der Waals surface area contributed by atoms with E-state index in [2.05, 4.69) is 6.92 Å². The Bertz CT molecular complexity index is 746. The van der Waals surface area contributed by atoms with Gasteiger partial charge in [0.05, 0.1) is 9.79 Å². The van der Waals surface area contributed by atoms with Gasteiger partial charge in [0.1, 0.15) is 0 Å². The van der Waals surface area contributed by atoms with E-state index >= 15 is 0 Å². The molecule has 4 N–H and O–H groups in total. The summed E-state index contributed by atoms with van der Waals surface area (Å²) < 4.78 is 49.7. The summed E-state index contributed by atoms with van der Waals surface area (Å²) in [4.78, 5) is -0.296. The normalized spacial score (nSPS) is 24.3. The maximum Gasteiger partial charge on any atom is 0.243 e. The Balaban J connectivity index is 2.42. The lowest BCUT2D eigenvalue weighted by Gasteiger charge is -2.36. The van der Waals surface area contributed by atoms with Crippen molar-refractivity contribution < 1.29 is 16.8 Å². The maximum absolute atomic E-state index is 12.8. The molecule has 1 fully saturated rings. The number of hydrogen-bond donors (Lipinski definition) is 2. The van der Waals surface area contributed by atoms with Crippen molar-refractivity contribution in [1.29, 1.82) is 0 Å². The second-order valence-electron chi connectivity index (χ2n) is 5.65. The smallest absolute Gasteiger partial charge is 0.243 e. The number of sulfonamides is 2. The van der Waals surface area contributed by atoms with Gasteiger partial charge < -0.3 is 5.73 Å². The van der Waals surface area contributed by atoms with E-state index < -0.39 is 20.0 Å². The highest BCUT2D eigenvalue weighted by atomic mass is 32.2. The monoisotopic (exact) mass is 347 g/mol. The van der Waals surface area contributed by atoms with Crippen molar-refractivity contribution in [3.63, 3.8) is 0 Å². The van der Waals surface area contributed by atoms with Crippen LogP contribution in [0.2, 0.25) is 0 Å². The van der Waals surface area contributed by atoms with Gasteiger partial charge in [-0.05, 0) is 37.0 Å². The van der Waals surface area contributed by atoms with Crippen molar-refractivity contribution >= 4 is 20.0 Å². The first-order valence-electron chi connectivity index (χ1n) is 7.01. The van der Waals surface area contributed by atoms with Gasteiger partial charge in [0.2, 0.25) is 20.0 Å². The second kappa shape index (κ2) is 6.25. The molecule has 1 aromatic rings. The van der Waals surface area contributed by atoms with Crippen molar-refractivity contribution in [3.05, 3.63) is 24.3 Å². The van der Waals surface area contributed by atoms with Crippen LogP contribution in [0.5, 0.6) is 0 Å². The largest absolute Gasteiger partial charge is 0.329 e. The molecule has 0 radical (unpaired) electrons. The van der Waals surface area contributed by atoms with E-state index in [0.29, 0.717) is 18.9 Å². The molecule has 0 bridgehead atoms. The van der Waals surface area contributed by atoms with Gasteiger partial charge in [0.15, 0.2) is 0 Å². The average molecular weight is 347 g/mol. The van der Waals surface area contributed by atoms with Gasteiger partial charge in [0, 0.05) is 19.1 Å². The standard InChI is InChI=1S/C13H21N3O4S2/c1-10-5-6-16(11(7-10)9-14)22(19,20)13-4-2-3-12(8-13)21(15,17)18/h2-4,8,10-11H,5-7,9,14H2,1H3,(H2,15,17,18). The molecule has 1 aromatic carbocycles. The van der Waals surface area contributed by atoms with Crippen LogP contribution in [0.1, 0.15) is 19.8 Å². The van der Waals surface area contributed by atoms with Crippen LogP contribution in [0.25, 0.3) is 0 Å². The summed E-state index contributed by atoms with van der Waals surface area (Å²) in [7, 11) is -7.75. The number of benzene rings is 1. The molecule has 22 heavy (non-hydrogen) atoms. The molecule has 2 rings (SSSR count). The highest BCUT2D eigenvalue weighted by Crippen LogP contribution is 2.28. The first-order valence-corrected chi connectivity index (χ1v) is 9.99. The van der Waals surface area contributed by atoms with Crippen LogP contribution in [0, 0.1) is 5.92 Å². The fourth-order valence-electron chi connectivity index (χ4n) is 2.71. The van der Waals surface area contributed by atoms with Crippen LogP contribution in [-0.4, -0.2) is 40.3 Å². The van der Waals surface area contributed by atoms with Gasteiger partial charge >= 0.3 is 0 Å². The summed E-state index contributed by atoms with van der Waals surface area (Å²) in [5, 5.41) is 5.06. The summed E-state index contributed by atoms with van der Waals surface area (Å²) >= 11 is 0. The van der Waals surface area contributed by atoms with Crippen LogP contribution >= 0.6 is 0 Å². The zero-order valence-electron chi connectivity index (χ0n) is 12.3. The van der Waals surface area contributed by atoms with Gasteiger partial charge in [-0.1, -0.05) is 13.0 Å². The minimum Gasteiger partial charge on any atom is -0.329 e. The number of piperidine rings is 1. The molecule has 9 heteroatoms. The molecule has 0 amide bonds. The van der Waals surface area contributed by atoms with Crippen LogP contribution in [-0.2, 0) is 20.0 Å². The first kappa shape index (κ1) is 17.4. The topological polar surface area (TPSA) is 124 Å². The van der Waals surface area contributed by atoms with Crippen molar-refractivity contribution in [3.8, 4) is 0 Å². The van der Waals surface area contributed by atoms with Gasteiger partial charge in [-0.2, -0.15) is 4.31 Å². The summed E-state index contributed by atoms with van der Waals surface area (Å²) in [5.41, 5.74) is 5.71. The van der Waals surface area contributed by atoms with E-state index in [1.54, 1.807) is 0 Å². The molecule has 0 saturated carbocycles. The molecule has 0 aliphatic carbocycles. The van der Waals surface area contributed by atoms with E-state index in [0.717, 1.165) is 12.5 Å². The highest BCUT2D eigenvalue weighted by Gasteiger charge is 2.35. The molecule has 2 atom stereocenters. The molecule has 2 unspecified atom stereocenters. The third kappa shape index (κ3) is 3.49. The zero-order valence-corrected chi connectivity index (χ0v) is 14.0. The molecule has 0 spiro atoms. The van der Waals surface area contributed by atoms with Gasteiger partial charge in [-0.3, -0.25) is 0 Å². The van der Waals surface area contributed by atoms with Gasteiger partial charge in [-0.15, -0.1) is 0 Å². The zero-order chi connectivity index (χ0) is 16.5. The van der Waals surface area contributed by atoms with Crippen LogP contribution in [0.3, 0.4) is 0 Å². The van der Waals surface area contributed by atoms with Gasteiger partial charge in [-0.25, -0.2) is 22.0 Å². The molecule has 1 aliphatic heterocycles. The van der Waals surface area contributed by atoms with Gasteiger partial charge in [0.25, 0.3) is 0 Å². The van der Waals surface area contributed by atoms with Crippen molar-refractivity contribution in [2.24, 2.45) is 16.8 Å². The Morgan fingerprint density at radius 2 is 1.86 bits per heavy atom. The Morgan fingerprint density at radius 1 is 1.23 bits per heavy atom. The van der Waals surface area contributed by atoms with Crippen molar-refractivity contribution in [1.82, 2.24) is 4.31 Å². The third-order valence-corrected chi connectivity index (χ3v) is 6.80. The third-order valence-electron chi connectivity index (χ3n) is 3.94. The average Bonchev–Trinajstić information content (AvgIpc) is 2.46. The molecule has 1 aliphatic rings. The summed E-state index contributed by atoms with van der Waals surface area (Å²) in [6.07, 6.45) is 1.45. The van der Waals surface area contributed by atoms with Crippen LogP contribution in [0.15, 0.2) is 34.1 Å². The quantitative estimate of drug-likeness (QED) is 0.798. The lowest BCUT2D eigenvalue weighted by molar-refractivity contribution is 0.211. The fraction of sp³-hybridized carbons (Fsp3) is 0.538. The van der Waals surface area contributed by atoms with Crippen molar-refractivity contribution in [2.75, 3.05) is 13.1 Å². The Morgan fingerprint density at radius 3 is 2.45 bits per heavy atom. The first-order chi connectivity index (χ1) is 10.2. The number of primary sulfonamides is 1. The lowest BCUT2D eigenvalue weighted by atomic mass is 9.94. The predicted octanol–water partition coefficient (Wildman–Crippen LogP) is 0.0819. The SMILES string of the molecule is CC1CCN(S(=O)(=O)c2cccc(S(N)(=O)=O)c2)C(CN)C1. The van der Waals surface area contributed by atoms with E-state index in [9.17, 15) is 16.8 Å². The van der Waals surface area contributed by atoms with E-state index in [-0.39, 0.29) is 22.4 Å². The molecular formula is C13H21N3O4S2. The Kier molecular flexibility index (Phi) is 4.93. The lowest BCUT2D eigenvalue weighted by Crippen LogP contribution is -2.49. The minimum atomic E-state index is -3.95. The molecular weight excluding hydrogens is 326 g/mol. The summed E-state index contributed by atoms with van der Waals surface area (Å²) in [6.45, 7) is 2.68. The molecule has 1 saturated heterocycles. The highest BCUT2D eigenvalue weighted by molar-refractivity contribution is 7.90. The van der Waals surface area contributed by atoms with Crippen LogP contribution in [0.4, 0.5) is 0 Å². The summed E-state index contributed by atoms with van der Waals surface area (Å²) in [5.74, 6) is 0.413. The minimum absolute atomic E-state index is 0.0768. The Labute approximate surface area is 131 Å². The van der Waals surface area contributed by atoms with Crippen molar-refractivity contribution in [2.45, 2.75) is 35.6 Å². The number of nitrogens with two attached hydrogens (primary N) is 2. The molecule has 0 aromatic heterocycles. The number of rotatable bonds is 4.